The SMILES string of the molecule is COc1cc(N(CCCCO)CCCCO)ccc1N. The van der Waals surface area contributed by atoms with Crippen molar-refractivity contribution >= 4 is 11.4 Å². The highest BCUT2D eigenvalue weighted by Gasteiger charge is 2.09. The van der Waals surface area contributed by atoms with Gasteiger partial charge in [-0.15, -0.1) is 0 Å². The number of ether oxygens (including phenoxy) is 1. The lowest BCUT2D eigenvalue weighted by Gasteiger charge is -2.25. The molecule has 0 aliphatic heterocycles. The Morgan fingerprint density at radius 2 is 1.65 bits per heavy atom. The molecule has 1 aromatic rings. The van der Waals surface area contributed by atoms with Crippen LogP contribution in [0.4, 0.5) is 11.4 Å². The van der Waals surface area contributed by atoms with Gasteiger partial charge < -0.3 is 25.6 Å². The fraction of sp³-hybridized carbons (Fsp3) is 0.600. The zero-order chi connectivity index (χ0) is 14.8. The second-order valence-corrected chi connectivity index (χ2v) is 4.77. The second kappa shape index (κ2) is 9.44. The summed E-state index contributed by atoms with van der Waals surface area (Å²) in [6.45, 7) is 2.18. The fourth-order valence-corrected chi connectivity index (χ4v) is 2.10. The van der Waals surface area contributed by atoms with E-state index in [9.17, 15) is 0 Å². The molecule has 0 bridgehead atoms. The van der Waals surface area contributed by atoms with Crippen LogP contribution in [0.3, 0.4) is 0 Å². The molecule has 20 heavy (non-hydrogen) atoms. The van der Waals surface area contributed by atoms with Crippen molar-refractivity contribution < 1.29 is 14.9 Å². The summed E-state index contributed by atoms with van der Waals surface area (Å²) >= 11 is 0. The third-order valence-electron chi connectivity index (χ3n) is 3.25. The summed E-state index contributed by atoms with van der Waals surface area (Å²) in [7, 11) is 1.61. The third kappa shape index (κ3) is 5.27. The maximum absolute atomic E-state index is 8.89. The lowest BCUT2D eigenvalue weighted by molar-refractivity contribution is 0.282. The number of nitrogen functional groups attached to an aromatic ring is 1. The minimum absolute atomic E-state index is 0.218. The van der Waals surface area contributed by atoms with Crippen LogP contribution in [0, 0.1) is 0 Å². The molecule has 0 aliphatic carbocycles. The summed E-state index contributed by atoms with van der Waals surface area (Å²) in [5.74, 6) is 0.678. The highest BCUT2D eigenvalue weighted by molar-refractivity contribution is 5.62. The largest absolute Gasteiger partial charge is 0.495 e. The van der Waals surface area contributed by atoms with Gasteiger partial charge in [-0.05, 0) is 37.8 Å². The summed E-state index contributed by atoms with van der Waals surface area (Å²) in [6, 6.07) is 5.77. The molecular formula is C15H26N2O3. The fourth-order valence-electron chi connectivity index (χ4n) is 2.10. The van der Waals surface area contributed by atoms with Gasteiger partial charge in [-0.2, -0.15) is 0 Å². The molecule has 0 unspecified atom stereocenters. The van der Waals surface area contributed by atoms with E-state index < -0.39 is 0 Å². The predicted molar refractivity (Wildman–Crippen MR) is 82.3 cm³/mol. The van der Waals surface area contributed by atoms with Crippen LogP contribution >= 0.6 is 0 Å². The molecule has 0 atom stereocenters. The van der Waals surface area contributed by atoms with Crippen LogP contribution in [0.5, 0.6) is 5.75 Å². The summed E-state index contributed by atoms with van der Waals surface area (Å²) < 4.78 is 5.26. The van der Waals surface area contributed by atoms with Gasteiger partial charge in [0.2, 0.25) is 0 Å². The van der Waals surface area contributed by atoms with E-state index >= 15 is 0 Å². The van der Waals surface area contributed by atoms with E-state index in [2.05, 4.69) is 4.90 Å². The molecule has 4 N–H and O–H groups in total. The van der Waals surface area contributed by atoms with Crippen LogP contribution in [-0.4, -0.2) is 43.6 Å². The van der Waals surface area contributed by atoms with Gasteiger partial charge in [-0.25, -0.2) is 0 Å². The summed E-state index contributed by atoms with van der Waals surface area (Å²) in [4.78, 5) is 2.24. The van der Waals surface area contributed by atoms with Crippen molar-refractivity contribution in [2.24, 2.45) is 0 Å². The van der Waals surface area contributed by atoms with Crippen LogP contribution in [0.15, 0.2) is 18.2 Å². The van der Waals surface area contributed by atoms with Crippen LogP contribution in [0.1, 0.15) is 25.7 Å². The molecule has 0 amide bonds. The number of nitrogens with two attached hydrogens (primary N) is 1. The Balaban J connectivity index is 2.73. The first-order valence-electron chi connectivity index (χ1n) is 7.13. The van der Waals surface area contributed by atoms with E-state index in [-0.39, 0.29) is 13.2 Å². The average Bonchev–Trinajstić information content (AvgIpc) is 2.47. The van der Waals surface area contributed by atoms with E-state index in [0.29, 0.717) is 11.4 Å². The Morgan fingerprint density at radius 1 is 1.05 bits per heavy atom. The van der Waals surface area contributed by atoms with Crippen molar-refractivity contribution in [3.05, 3.63) is 18.2 Å². The molecule has 0 spiro atoms. The van der Waals surface area contributed by atoms with E-state index in [1.165, 1.54) is 0 Å². The minimum atomic E-state index is 0.218. The molecule has 0 fully saturated rings. The quantitative estimate of drug-likeness (QED) is 0.449. The van der Waals surface area contributed by atoms with Gasteiger partial charge in [0.25, 0.3) is 0 Å². The molecule has 1 aromatic carbocycles. The number of hydrogen-bond acceptors (Lipinski definition) is 5. The van der Waals surface area contributed by atoms with Gasteiger partial charge in [0.05, 0.1) is 12.8 Å². The summed E-state index contributed by atoms with van der Waals surface area (Å²) in [6.07, 6.45) is 3.45. The number of methoxy groups -OCH3 is 1. The zero-order valence-corrected chi connectivity index (χ0v) is 12.2. The monoisotopic (exact) mass is 282 g/mol. The molecule has 5 nitrogen and oxygen atoms in total. The number of aliphatic hydroxyl groups excluding tert-OH is 2. The van der Waals surface area contributed by atoms with E-state index in [1.54, 1.807) is 7.11 Å². The molecule has 0 radical (unpaired) electrons. The molecule has 5 heteroatoms. The number of rotatable bonds is 10. The molecule has 1 rings (SSSR count). The van der Waals surface area contributed by atoms with Gasteiger partial charge in [0, 0.05) is 38.1 Å². The zero-order valence-electron chi connectivity index (χ0n) is 12.2. The van der Waals surface area contributed by atoms with E-state index in [1.807, 2.05) is 18.2 Å². The van der Waals surface area contributed by atoms with Gasteiger partial charge in [0.1, 0.15) is 5.75 Å². The van der Waals surface area contributed by atoms with Crippen LogP contribution in [-0.2, 0) is 0 Å². The maximum atomic E-state index is 8.89. The molecule has 114 valence electrons. The number of hydrogen-bond donors (Lipinski definition) is 3. The Morgan fingerprint density at radius 3 is 2.15 bits per heavy atom. The summed E-state index contributed by atoms with van der Waals surface area (Å²) in [5, 5.41) is 17.8. The molecular weight excluding hydrogens is 256 g/mol. The van der Waals surface area contributed by atoms with Crippen molar-refractivity contribution in [3.63, 3.8) is 0 Å². The van der Waals surface area contributed by atoms with Gasteiger partial charge in [0.15, 0.2) is 0 Å². The standard InChI is InChI=1S/C15H26N2O3/c1-20-15-12-13(6-7-14(15)16)17(8-2-4-10-18)9-3-5-11-19/h6-7,12,18-19H,2-5,8-11,16H2,1H3. The minimum Gasteiger partial charge on any atom is -0.495 e. The number of aliphatic hydroxyl groups is 2. The van der Waals surface area contributed by atoms with Crippen LogP contribution in [0.25, 0.3) is 0 Å². The van der Waals surface area contributed by atoms with Gasteiger partial charge in [-0.3, -0.25) is 0 Å². The predicted octanol–water partition coefficient (Wildman–Crippen LogP) is 1.63. The van der Waals surface area contributed by atoms with Gasteiger partial charge >= 0.3 is 0 Å². The lowest BCUT2D eigenvalue weighted by atomic mass is 10.2. The first-order chi connectivity index (χ1) is 9.72. The smallest absolute Gasteiger partial charge is 0.143 e. The van der Waals surface area contributed by atoms with Crippen LogP contribution < -0.4 is 15.4 Å². The average molecular weight is 282 g/mol. The number of nitrogens with zero attached hydrogens (tertiary/aromatic N) is 1. The Hall–Kier alpha value is -1.46. The van der Waals surface area contributed by atoms with Crippen LogP contribution in [0.2, 0.25) is 0 Å². The Labute approximate surface area is 121 Å². The number of unbranched alkanes of at least 4 members (excludes halogenated alkanes) is 2. The van der Waals surface area contributed by atoms with Gasteiger partial charge in [-0.1, -0.05) is 0 Å². The first-order valence-corrected chi connectivity index (χ1v) is 7.13. The molecule has 0 aromatic heterocycles. The molecule has 0 saturated heterocycles. The third-order valence-corrected chi connectivity index (χ3v) is 3.25. The van der Waals surface area contributed by atoms with Crippen molar-refractivity contribution in [2.45, 2.75) is 25.7 Å². The lowest BCUT2D eigenvalue weighted by Crippen LogP contribution is -2.26. The molecule has 0 aliphatic rings. The van der Waals surface area contributed by atoms with E-state index in [0.717, 1.165) is 44.5 Å². The first kappa shape index (κ1) is 16.6. The normalized spacial score (nSPS) is 10.6. The Bertz CT molecular complexity index is 375. The summed E-state index contributed by atoms with van der Waals surface area (Å²) in [5.41, 5.74) is 7.52. The van der Waals surface area contributed by atoms with E-state index in [4.69, 9.17) is 20.7 Å². The maximum Gasteiger partial charge on any atom is 0.143 e. The highest BCUT2D eigenvalue weighted by atomic mass is 16.5. The molecule has 0 saturated carbocycles. The molecule has 0 heterocycles. The van der Waals surface area contributed by atoms with Crippen molar-refractivity contribution in [2.75, 3.05) is 44.0 Å². The van der Waals surface area contributed by atoms with Crippen molar-refractivity contribution in [3.8, 4) is 5.75 Å². The second-order valence-electron chi connectivity index (χ2n) is 4.77. The Kier molecular flexibility index (Phi) is 7.84. The number of anilines is 2. The highest BCUT2D eigenvalue weighted by Crippen LogP contribution is 2.27. The van der Waals surface area contributed by atoms with Crippen molar-refractivity contribution in [1.29, 1.82) is 0 Å². The number of benzene rings is 1. The van der Waals surface area contributed by atoms with Crippen molar-refractivity contribution in [1.82, 2.24) is 0 Å². The topological polar surface area (TPSA) is 79.0 Å².